The summed E-state index contributed by atoms with van der Waals surface area (Å²) in [5.41, 5.74) is 3.45. The first-order valence-corrected chi connectivity index (χ1v) is 13.2. The van der Waals surface area contributed by atoms with Crippen molar-refractivity contribution in [3.05, 3.63) is 119 Å². The van der Waals surface area contributed by atoms with Crippen LogP contribution in [0.15, 0.2) is 97.1 Å². The molecule has 4 nitrogen and oxygen atoms in total. The van der Waals surface area contributed by atoms with Crippen LogP contribution in [-0.4, -0.2) is 20.2 Å². The van der Waals surface area contributed by atoms with Crippen LogP contribution in [0.5, 0.6) is 11.5 Å². The predicted octanol–water partition coefficient (Wildman–Crippen LogP) is 7.46. The highest BCUT2D eigenvalue weighted by Gasteiger charge is 2.24. The monoisotopic (exact) mass is 536 g/mol. The SMILES string of the molecule is CC(=S)NC(c1ccc(C(NC(C)=S)c2c(O)ccc3ccccc23)cc1)c1c(O)ccc2ccccc12. The molecule has 0 aliphatic carbocycles. The number of phenolic OH excluding ortho intramolecular Hbond substituents is 2. The smallest absolute Gasteiger partial charge is 0.121 e. The van der Waals surface area contributed by atoms with Crippen LogP contribution in [0, 0.1) is 0 Å². The highest BCUT2D eigenvalue weighted by atomic mass is 32.1. The molecule has 5 aromatic carbocycles. The summed E-state index contributed by atoms with van der Waals surface area (Å²) < 4.78 is 0. The zero-order valence-electron chi connectivity index (χ0n) is 21.1. The Kier molecular flexibility index (Phi) is 7.27. The Hall–Kier alpha value is -4.00. The molecule has 38 heavy (non-hydrogen) atoms. The molecular formula is C32H28N2O2S2. The Morgan fingerprint density at radius 2 is 0.921 bits per heavy atom. The molecule has 0 fully saturated rings. The third-order valence-corrected chi connectivity index (χ3v) is 7.01. The van der Waals surface area contributed by atoms with Crippen molar-refractivity contribution < 1.29 is 10.2 Å². The van der Waals surface area contributed by atoms with E-state index in [9.17, 15) is 10.2 Å². The quantitative estimate of drug-likeness (QED) is 0.169. The van der Waals surface area contributed by atoms with Gasteiger partial charge in [0.05, 0.1) is 22.1 Å². The van der Waals surface area contributed by atoms with Crippen LogP contribution in [0.3, 0.4) is 0 Å². The van der Waals surface area contributed by atoms with E-state index < -0.39 is 0 Å². The lowest BCUT2D eigenvalue weighted by molar-refractivity contribution is 0.463. The maximum Gasteiger partial charge on any atom is 0.121 e. The molecule has 0 spiro atoms. The third kappa shape index (κ3) is 5.05. The van der Waals surface area contributed by atoms with E-state index in [2.05, 4.69) is 10.6 Å². The Morgan fingerprint density at radius 3 is 1.29 bits per heavy atom. The maximum atomic E-state index is 10.9. The van der Waals surface area contributed by atoms with Crippen molar-refractivity contribution in [3.8, 4) is 11.5 Å². The summed E-state index contributed by atoms with van der Waals surface area (Å²) in [6, 6.07) is 30.7. The van der Waals surface area contributed by atoms with Crippen LogP contribution in [0.1, 0.15) is 48.2 Å². The first-order valence-electron chi connectivity index (χ1n) is 12.4. The zero-order valence-corrected chi connectivity index (χ0v) is 22.7. The summed E-state index contributed by atoms with van der Waals surface area (Å²) in [5.74, 6) is 0.413. The molecule has 2 unspecified atom stereocenters. The molecule has 5 rings (SSSR count). The minimum atomic E-state index is -0.350. The van der Waals surface area contributed by atoms with Crippen LogP contribution >= 0.6 is 24.4 Å². The van der Waals surface area contributed by atoms with Crippen LogP contribution in [0.2, 0.25) is 0 Å². The van der Waals surface area contributed by atoms with E-state index in [1.165, 1.54) is 0 Å². The normalized spacial score (nSPS) is 12.7. The third-order valence-electron chi connectivity index (χ3n) is 6.77. The van der Waals surface area contributed by atoms with E-state index in [-0.39, 0.29) is 23.6 Å². The van der Waals surface area contributed by atoms with Gasteiger partial charge in [-0.25, -0.2) is 0 Å². The van der Waals surface area contributed by atoms with E-state index in [1.54, 1.807) is 12.1 Å². The van der Waals surface area contributed by atoms with Gasteiger partial charge in [-0.1, -0.05) is 109 Å². The first-order chi connectivity index (χ1) is 18.3. The van der Waals surface area contributed by atoms with Gasteiger partial charge in [-0.3, -0.25) is 0 Å². The fraction of sp³-hybridized carbons (Fsp3) is 0.125. The molecule has 2 atom stereocenters. The van der Waals surface area contributed by atoms with E-state index in [0.29, 0.717) is 9.98 Å². The standard InChI is InChI=1S/C32H28N2O2S2/c1-19(37)33-31(29-25-9-5-3-7-21(25)15-17-27(29)35)23-11-13-24(14-12-23)32(34-20(2)38)30-26-10-6-4-8-22(26)16-18-28(30)36/h3-18,31-32,35-36H,1-2H3,(H,33,37)(H,34,38). The van der Waals surface area contributed by atoms with Crippen molar-refractivity contribution in [1.82, 2.24) is 10.6 Å². The fourth-order valence-electron chi connectivity index (χ4n) is 5.11. The Balaban J connectivity index is 1.62. The van der Waals surface area contributed by atoms with Gasteiger partial charge < -0.3 is 20.8 Å². The maximum absolute atomic E-state index is 10.9. The van der Waals surface area contributed by atoms with Crippen molar-refractivity contribution in [2.24, 2.45) is 0 Å². The highest BCUT2D eigenvalue weighted by molar-refractivity contribution is 7.80. The Morgan fingerprint density at radius 1 is 0.553 bits per heavy atom. The minimum absolute atomic E-state index is 0.207. The van der Waals surface area contributed by atoms with Crippen molar-refractivity contribution >= 4 is 56.0 Å². The molecule has 5 aromatic rings. The molecule has 0 saturated heterocycles. The summed E-state index contributed by atoms with van der Waals surface area (Å²) in [5, 5.41) is 32.7. The van der Waals surface area contributed by atoms with Crippen LogP contribution < -0.4 is 10.6 Å². The average Bonchev–Trinajstić information content (AvgIpc) is 2.91. The van der Waals surface area contributed by atoms with Gasteiger partial charge in [0.2, 0.25) is 0 Å². The van der Waals surface area contributed by atoms with Gasteiger partial charge in [0, 0.05) is 11.1 Å². The lowest BCUT2D eigenvalue weighted by atomic mass is 9.89. The Bertz CT molecular complexity index is 1540. The van der Waals surface area contributed by atoms with Gasteiger partial charge in [0.15, 0.2) is 0 Å². The zero-order chi connectivity index (χ0) is 26.8. The number of hydrogen-bond acceptors (Lipinski definition) is 4. The largest absolute Gasteiger partial charge is 0.508 e. The molecule has 0 aliphatic rings. The Labute approximate surface area is 233 Å². The summed E-state index contributed by atoms with van der Waals surface area (Å²) in [6.45, 7) is 3.68. The molecule has 4 N–H and O–H groups in total. The topological polar surface area (TPSA) is 64.5 Å². The van der Waals surface area contributed by atoms with Crippen LogP contribution in [-0.2, 0) is 0 Å². The molecule has 0 aromatic heterocycles. The predicted molar refractivity (Wildman–Crippen MR) is 164 cm³/mol. The van der Waals surface area contributed by atoms with Crippen LogP contribution in [0.25, 0.3) is 21.5 Å². The summed E-state index contributed by atoms with van der Waals surface area (Å²) >= 11 is 10.9. The highest BCUT2D eigenvalue weighted by Crippen LogP contribution is 2.38. The molecule has 0 bridgehead atoms. The number of phenols is 2. The number of fused-ring (bicyclic) bond motifs is 2. The molecule has 190 valence electrons. The molecule has 0 heterocycles. The molecule has 0 aliphatic heterocycles. The molecule has 0 radical (unpaired) electrons. The number of hydrogen-bond donors (Lipinski definition) is 4. The van der Waals surface area contributed by atoms with E-state index in [0.717, 1.165) is 43.8 Å². The molecule has 6 heteroatoms. The van der Waals surface area contributed by atoms with Crippen molar-refractivity contribution in [2.75, 3.05) is 0 Å². The number of aromatic hydroxyl groups is 2. The lowest BCUT2D eigenvalue weighted by Crippen LogP contribution is -2.27. The van der Waals surface area contributed by atoms with Gasteiger partial charge >= 0.3 is 0 Å². The van der Waals surface area contributed by atoms with E-state index >= 15 is 0 Å². The second-order valence-corrected chi connectivity index (χ2v) is 10.6. The van der Waals surface area contributed by atoms with Gasteiger partial charge in [-0.05, 0) is 58.7 Å². The van der Waals surface area contributed by atoms with Gasteiger partial charge in [0.25, 0.3) is 0 Å². The van der Waals surface area contributed by atoms with Crippen molar-refractivity contribution in [1.29, 1.82) is 0 Å². The second kappa shape index (κ2) is 10.8. The molecular weight excluding hydrogens is 508 g/mol. The lowest BCUT2D eigenvalue weighted by Gasteiger charge is -2.25. The van der Waals surface area contributed by atoms with Gasteiger partial charge in [0.1, 0.15) is 11.5 Å². The van der Waals surface area contributed by atoms with Gasteiger partial charge in [-0.2, -0.15) is 0 Å². The fourth-order valence-corrected chi connectivity index (χ4v) is 5.34. The van der Waals surface area contributed by atoms with Crippen LogP contribution in [0.4, 0.5) is 0 Å². The second-order valence-electron chi connectivity index (χ2n) is 9.37. The summed E-state index contributed by atoms with van der Waals surface area (Å²) in [4.78, 5) is 1.26. The molecule has 0 amide bonds. The van der Waals surface area contributed by atoms with E-state index in [4.69, 9.17) is 24.4 Å². The first kappa shape index (κ1) is 25.6. The minimum Gasteiger partial charge on any atom is -0.508 e. The molecule has 0 saturated carbocycles. The number of benzene rings is 5. The summed E-state index contributed by atoms with van der Waals surface area (Å²) in [6.07, 6.45) is 0. The number of nitrogens with one attached hydrogen (secondary N) is 2. The average molecular weight is 537 g/mol. The van der Waals surface area contributed by atoms with Gasteiger partial charge in [-0.15, -0.1) is 0 Å². The van der Waals surface area contributed by atoms with Crippen molar-refractivity contribution in [3.63, 3.8) is 0 Å². The van der Waals surface area contributed by atoms with Crippen molar-refractivity contribution in [2.45, 2.75) is 25.9 Å². The number of thiocarbonyl (C=S) groups is 2. The number of rotatable bonds is 6. The van der Waals surface area contributed by atoms with E-state index in [1.807, 2.05) is 98.8 Å². The summed E-state index contributed by atoms with van der Waals surface area (Å²) in [7, 11) is 0.